The Morgan fingerprint density at radius 1 is 1.27 bits per heavy atom. The van der Waals surface area contributed by atoms with E-state index in [0.29, 0.717) is 12.4 Å². The topological polar surface area (TPSA) is 71.3 Å². The monoisotopic (exact) mass is 359 g/mol. The Morgan fingerprint density at radius 3 is 3.00 bits per heavy atom. The van der Waals surface area contributed by atoms with E-state index in [4.69, 9.17) is 0 Å². The Kier molecular flexibility index (Phi) is 4.06. The van der Waals surface area contributed by atoms with Gasteiger partial charge in [-0.15, -0.1) is 10.2 Å². The molecule has 0 spiro atoms. The molecule has 3 aromatic rings. The number of aromatic nitrogens is 3. The lowest BCUT2D eigenvalue weighted by molar-refractivity contribution is 0.251. The van der Waals surface area contributed by atoms with Crippen molar-refractivity contribution in [2.24, 2.45) is 0 Å². The summed E-state index contributed by atoms with van der Waals surface area (Å²) in [5, 5.41) is 13.7. The van der Waals surface area contributed by atoms with Crippen LogP contribution in [0.5, 0.6) is 0 Å². The number of benzene rings is 1. The van der Waals surface area contributed by atoms with Gasteiger partial charge < -0.3 is 10.6 Å². The van der Waals surface area contributed by atoms with Crippen molar-refractivity contribution < 1.29 is 4.79 Å². The minimum absolute atomic E-state index is 0.283. The number of fused-ring (bicyclic) bond motifs is 1. The molecule has 2 aromatic heterocycles. The minimum atomic E-state index is -0.283. The summed E-state index contributed by atoms with van der Waals surface area (Å²) in [6, 6.07) is 11.1. The van der Waals surface area contributed by atoms with Crippen LogP contribution in [0, 0.1) is 6.92 Å². The van der Waals surface area contributed by atoms with Crippen molar-refractivity contribution in [2.75, 3.05) is 5.32 Å². The smallest absolute Gasteiger partial charge is 0.319 e. The van der Waals surface area contributed by atoms with E-state index < -0.39 is 0 Å². The molecule has 112 valence electrons. The molecular weight excluding hydrogens is 346 g/mol. The standard InChI is InChI=1S/C15H14BrN5O/c1-10-5-6-11(16)8-12(10)18-15(22)17-9-14-20-19-13-4-2-3-7-21(13)14/h2-8H,9H2,1H3,(H2,17,18,22). The van der Waals surface area contributed by atoms with E-state index >= 15 is 0 Å². The third kappa shape index (κ3) is 3.09. The number of pyridine rings is 1. The quantitative estimate of drug-likeness (QED) is 0.754. The van der Waals surface area contributed by atoms with Crippen molar-refractivity contribution in [3.05, 3.63) is 58.5 Å². The molecule has 0 saturated heterocycles. The summed E-state index contributed by atoms with van der Waals surface area (Å²) in [4.78, 5) is 12.0. The van der Waals surface area contributed by atoms with Gasteiger partial charge in [0, 0.05) is 16.4 Å². The molecular formula is C15H14BrN5O. The highest BCUT2D eigenvalue weighted by molar-refractivity contribution is 9.10. The number of nitrogens with one attached hydrogen (secondary N) is 2. The number of urea groups is 1. The van der Waals surface area contributed by atoms with Gasteiger partial charge in [-0.3, -0.25) is 4.40 Å². The summed E-state index contributed by atoms with van der Waals surface area (Å²) >= 11 is 3.39. The first-order chi connectivity index (χ1) is 10.6. The molecule has 2 heterocycles. The Hall–Kier alpha value is -2.41. The van der Waals surface area contributed by atoms with Gasteiger partial charge in [-0.1, -0.05) is 28.1 Å². The molecule has 3 rings (SSSR count). The Labute approximate surface area is 135 Å². The predicted octanol–water partition coefficient (Wildman–Crippen LogP) is 3.12. The zero-order valence-electron chi connectivity index (χ0n) is 11.9. The van der Waals surface area contributed by atoms with Crippen LogP contribution in [0.15, 0.2) is 47.1 Å². The molecule has 0 atom stereocenters. The number of nitrogens with zero attached hydrogens (tertiary/aromatic N) is 3. The van der Waals surface area contributed by atoms with Crippen LogP contribution in [-0.2, 0) is 6.54 Å². The third-order valence-electron chi connectivity index (χ3n) is 3.24. The van der Waals surface area contributed by atoms with Gasteiger partial charge in [-0.2, -0.15) is 0 Å². The molecule has 1 aromatic carbocycles. The van der Waals surface area contributed by atoms with E-state index in [-0.39, 0.29) is 6.03 Å². The van der Waals surface area contributed by atoms with E-state index in [1.165, 1.54) is 0 Å². The molecule has 0 aliphatic carbocycles. The van der Waals surface area contributed by atoms with Gasteiger partial charge in [-0.25, -0.2) is 4.79 Å². The van der Waals surface area contributed by atoms with Crippen LogP contribution >= 0.6 is 15.9 Å². The van der Waals surface area contributed by atoms with Crippen molar-refractivity contribution in [2.45, 2.75) is 13.5 Å². The molecule has 0 fully saturated rings. The van der Waals surface area contributed by atoms with E-state index in [2.05, 4.69) is 36.8 Å². The first-order valence-electron chi connectivity index (χ1n) is 6.73. The maximum Gasteiger partial charge on any atom is 0.319 e. The summed E-state index contributed by atoms with van der Waals surface area (Å²) < 4.78 is 2.75. The molecule has 0 unspecified atom stereocenters. The number of anilines is 1. The maximum absolute atomic E-state index is 12.0. The lowest BCUT2D eigenvalue weighted by atomic mass is 10.2. The average molecular weight is 360 g/mol. The van der Waals surface area contributed by atoms with Gasteiger partial charge in [0.2, 0.25) is 0 Å². The number of hydrogen-bond donors (Lipinski definition) is 2. The maximum atomic E-state index is 12.0. The fraction of sp³-hybridized carbons (Fsp3) is 0.133. The first-order valence-corrected chi connectivity index (χ1v) is 7.52. The highest BCUT2D eigenvalue weighted by Crippen LogP contribution is 2.20. The Bertz CT molecular complexity index is 830. The van der Waals surface area contributed by atoms with E-state index in [9.17, 15) is 4.79 Å². The molecule has 7 heteroatoms. The van der Waals surface area contributed by atoms with Crippen molar-refractivity contribution >= 4 is 33.3 Å². The molecule has 2 amide bonds. The number of halogens is 1. The van der Waals surface area contributed by atoms with E-state index in [1.807, 2.05) is 53.9 Å². The first kappa shape index (κ1) is 14.5. The molecule has 0 aliphatic rings. The van der Waals surface area contributed by atoms with Crippen LogP contribution < -0.4 is 10.6 Å². The highest BCUT2D eigenvalue weighted by Gasteiger charge is 2.08. The van der Waals surface area contributed by atoms with Crippen LogP contribution in [-0.4, -0.2) is 20.6 Å². The second kappa shape index (κ2) is 6.15. The number of carbonyl (C=O) groups is 1. The second-order valence-corrected chi connectivity index (χ2v) is 5.73. The van der Waals surface area contributed by atoms with Crippen molar-refractivity contribution in [3.63, 3.8) is 0 Å². The number of carbonyl (C=O) groups excluding carboxylic acids is 1. The van der Waals surface area contributed by atoms with Crippen LogP contribution in [0.1, 0.15) is 11.4 Å². The van der Waals surface area contributed by atoms with Gasteiger partial charge in [-0.05, 0) is 36.8 Å². The minimum Gasteiger partial charge on any atom is -0.331 e. The Morgan fingerprint density at radius 2 is 2.14 bits per heavy atom. The van der Waals surface area contributed by atoms with Crippen LogP contribution in [0.3, 0.4) is 0 Å². The van der Waals surface area contributed by atoms with Gasteiger partial charge in [0.15, 0.2) is 11.5 Å². The molecule has 2 N–H and O–H groups in total. The van der Waals surface area contributed by atoms with Gasteiger partial charge in [0.1, 0.15) is 0 Å². The number of amides is 2. The lowest BCUT2D eigenvalue weighted by Crippen LogP contribution is -2.29. The number of hydrogen-bond acceptors (Lipinski definition) is 3. The zero-order valence-corrected chi connectivity index (χ0v) is 13.5. The largest absolute Gasteiger partial charge is 0.331 e. The fourth-order valence-electron chi connectivity index (χ4n) is 2.07. The third-order valence-corrected chi connectivity index (χ3v) is 3.73. The van der Waals surface area contributed by atoms with Crippen LogP contribution in [0.4, 0.5) is 10.5 Å². The van der Waals surface area contributed by atoms with Crippen LogP contribution in [0.25, 0.3) is 5.65 Å². The molecule has 6 nitrogen and oxygen atoms in total. The highest BCUT2D eigenvalue weighted by atomic mass is 79.9. The summed E-state index contributed by atoms with van der Waals surface area (Å²) in [6.07, 6.45) is 1.86. The molecule has 0 radical (unpaired) electrons. The van der Waals surface area contributed by atoms with Gasteiger partial charge in [0.25, 0.3) is 0 Å². The summed E-state index contributed by atoms with van der Waals surface area (Å²) in [7, 11) is 0. The van der Waals surface area contributed by atoms with E-state index in [0.717, 1.165) is 21.4 Å². The van der Waals surface area contributed by atoms with Gasteiger partial charge >= 0.3 is 6.03 Å². The lowest BCUT2D eigenvalue weighted by Gasteiger charge is -2.09. The summed E-state index contributed by atoms with van der Waals surface area (Å²) in [5.41, 5.74) is 2.51. The van der Waals surface area contributed by atoms with Crippen LogP contribution in [0.2, 0.25) is 0 Å². The summed E-state index contributed by atoms with van der Waals surface area (Å²) in [6.45, 7) is 2.23. The number of aryl methyl sites for hydroxylation is 1. The van der Waals surface area contributed by atoms with Gasteiger partial charge in [0.05, 0.1) is 6.54 Å². The normalized spacial score (nSPS) is 10.6. The molecule has 0 saturated carbocycles. The zero-order chi connectivity index (χ0) is 15.5. The number of rotatable bonds is 3. The SMILES string of the molecule is Cc1ccc(Br)cc1NC(=O)NCc1nnc2ccccn12. The average Bonchev–Trinajstić information content (AvgIpc) is 2.92. The second-order valence-electron chi connectivity index (χ2n) is 4.81. The molecule has 0 aliphatic heterocycles. The summed E-state index contributed by atoms with van der Waals surface area (Å²) in [5.74, 6) is 0.678. The van der Waals surface area contributed by atoms with Crippen molar-refractivity contribution in [3.8, 4) is 0 Å². The predicted molar refractivity (Wildman–Crippen MR) is 87.7 cm³/mol. The molecule has 22 heavy (non-hydrogen) atoms. The van der Waals surface area contributed by atoms with E-state index in [1.54, 1.807) is 0 Å². The molecule has 0 bridgehead atoms. The Balaban J connectivity index is 1.66. The van der Waals surface area contributed by atoms with Crippen molar-refractivity contribution in [1.29, 1.82) is 0 Å². The van der Waals surface area contributed by atoms with Crippen molar-refractivity contribution in [1.82, 2.24) is 19.9 Å². The fourth-order valence-corrected chi connectivity index (χ4v) is 2.43.